The van der Waals surface area contributed by atoms with Crippen LogP contribution in [0, 0.1) is 6.92 Å². The molecule has 2 rings (SSSR count). The summed E-state index contributed by atoms with van der Waals surface area (Å²) in [7, 11) is 1.72. The number of anilines is 1. The highest BCUT2D eigenvalue weighted by atomic mass is 79.9. The van der Waals surface area contributed by atoms with Crippen LogP contribution in [-0.4, -0.2) is 28.6 Å². The van der Waals surface area contributed by atoms with Gasteiger partial charge >= 0.3 is 12.0 Å². The summed E-state index contributed by atoms with van der Waals surface area (Å²) in [5.74, 6) is 1.08. The average molecular weight is 339 g/mol. The quantitative estimate of drug-likeness (QED) is 0.902. The Morgan fingerprint density at radius 2 is 1.95 bits per heavy atom. The topological polar surface area (TPSA) is 69.2 Å². The van der Waals surface area contributed by atoms with Gasteiger partial charge in [-0.15, -0.1) is 4.98 Å². The van der Waals surface area contributed by atoms with Crippen molar-refractivity contribution in [2.45, 2.75) is 13.8 Å². The van der Waals surface area contributed by atoms with Crippen LogP contribution in [0.15, 0.2) is 22.7 Å². The van der Waals surface area contributed by atoms with E-state index in [9.17, 15) is 0 Å². The first-order valence-electron chi connectivity index (χ1n) is 6.13. The number of hydrogen-bond acceptors (Lipinski definition) is 6. The second-order valence-corrected chi connectivity index (χ2v) is 4.83. The van der Waals surface area contributed by atoms with Gasteiger partial charge in [-0.1, -0.05) is 15.9 Å². The Labute approximate surface area is 125 Å². The van der Waals surface area contributed by atoms with Gasteiger partial charge in [0, 0.05) is 11.5 Å². The van der Waals surface area contributed by atoms with E-state index in [0.29, 0.717) is 18.3 Å². The number of hydrogen-bond donors (Lipinski definition) is 1. The number of aryl methyl sites for hydroxylation is 1. The Morgan fingerprint density at radius 3 is 2.60 bits per heavy atom. The molecule has 0 aliphatic heterocycles. The van der Waals surface area contributed by atoms with Crippen molar-refractivity contribution in [3.8, 4) is 17.8 Å². The number of benzene rings is 1. The zero-order chi connectivity index (χ0) is 14.5. The maximum Gasteiger partial charge on any atom is 0.330 e. The molecule has 7 heteroatoms. The standard InChI is InChI=1S/C13H15BrN4O2/c1-4-19-12-16-11(15-3)17-13(18-12)20-10-6-5-9(14)7-8(10)2/h5-7H,4H2,1-3H3,(H,15,16,17,18). The van der Waals surface area contributed by atoms with Crippen molar-refractivity contribution in [2.24, 2.45) is 0 Å². The van der Waals surface area contributed by atoms with Gasteiger partial charge in [-0.3, -0.25) is 0 Å². The van der Waals surface area contributed by atoms with Gasteiger partial charge < -0.3 is 14.8 Å². The van der Waals surface area contributed by atoms with Crippen molar-refractivity contribution >= 4 is 21.9 Å². The van der Waals surface area contributed by atoms with Crippen LogP contribution >= 0.6 is 15.9 Å². The van der Waals surface area contributed by atoms with Crippen molar-refractivity contribution in [3.05, 3.63) is 28.2 Å². The van der Waals surface area contributed by atoms with E-state index in [1.807, 2.05) is 32.0 Å². The number of aromatic nitrogens is 3. The molecule has 2 aromatic rings. The molecule has 6 nitrogen and oxygen atoms in total. The van der Waals surface area contributed by atoms with Gasteiger partial charge in [-0.05, 0) is 37.6 Å². The zero-order valence-electron chi connectivity index (χ0n) is 11.5. The lowest BCUT2D eigenvalue weighted by atomic mass is 10.2. The Hall–Kier alpha value is -1.89. The Kier molecular flexibility index (Phi) is 4.73. The molecular formula is C13H15BrN4O2. The molecule has 1 N–H and O–H groups in total. The molecule has 20 heavy (non-hydrogen) atoms. The Balaban J connectivity index is 2.29. The van der Waals surface area contributed by atoms with Gasteiger partial charge in [-0.25, -0.2) is 0 Å². The summed E-state index contributed by atoms with van der Waals surface area (Å²) in [4.78, 5) is 12.3. The third kappa shape index (κ3) is 3.57. The third-order valence-corrected chi connectivity index (χ3v) is 2.92. The summed E-state index contributed by atoms with van der Waals surface area (Å²) < 4.78 is 12.0. The summed E-state index contributed by atoms with van der Waals surface area (Å²) in [6.45, 7) is 4.29. The minimum absolute atomic E-state index is 0.193. The number of nitrogens with one attached hydrogen (secondary N) is 1. The molecule has 0 saturated carbocycles. The number of halogens is 1. The fourth-order valence-corrected chi connectivity index (χ4v) is 1.99. The van der Waals surface area contributed by atoms with Gasteiger partial charge in [0.2, 0.25) is 5.95 Å². The van der Waals surface area contributed by atoms with E-state index < -0.39 is 0 Å². The highest BCUT2D eigenvalue weighted by Gasteiger charge is 2.10. The van der Waals surface area contributed by atoms with Crippen molar-refractivity contribution < 1.29 is 9.47 Å². The molecule has 1 aromatic heterocycles. The second-order valence-electron chi connectivity index (χ2n) is 3.92. The molecule has 1 aromatic carbocycles. The molecule has 0 amide bonds. The summed E-state index contributed by atoms with van der Waals surface area (Å²) in [6.07, 6.45) is 0. The number of nitrogens with zero attached hydrogens (tertiary/aromatic N) is 3. The zero-order valence-corrected chi connectivity index (χ0v) is 13.1. The van der Waals surface area contributed by atoms with Crippen LogP contribution in [0.1, 0.15) is 12.5 Å². The minimum atomic E-state index is 0.193. The van der Waals surface area contributed by atoms with Crippen molar-refractivity contribution in [3.63, 3.8) is 0 Å². The van der Waals surface area contributed by atoms with E-state index in [0.717, 1.165) is 10.0 Å². The second kappa shape index (κ2) is 6.51. The number of ether oxygens (including phenoxy) is 2. The largest absolute Gasteiger partial charge is 0.464 e. The molecule has 0 atom stereocenters. The predicted octanol–water partition coefficient (Wildman–Crippen LogP) is 3.18. The SMILES string of the molecule is CCOc1nc(NC)nc(Oc2ccc(Br)cc2C)n1. The van der Waals surface area contributed by atoms with E-state index in [1.54, 1.807) is 7.05 Å². The number of rotatable bonds is 5. The molecule has 0 radical (unpaired) electrons. The monoisotopic (exact) mass is 338 g/mol. The summed E-state index contributed by atoms with van der Waals surface area (Å²) >= 11 is 3.41. The lowest BCUT2D eigenvalue weighted by Gasteiger charge is -2.09. The van der Waals surface area contributed by atoms with E-state index in [2.05, 4.69) is 36.2 Å². The van der Waals surface area contributed by atoms with Gasteiger partial charge in [0.05, 0.1) is 6.61 Å². The van der Waals surface area contributed by atoms with E-state index in [1.165, 1.54) is 0 Å². The molecule has 0 spiro atoms. The van der Waals surface area contributed by atoms with E-state index in [4.69, 9.17) is 9.47 Å². The van der Waals surface area contributed by atoms with Gasteiger partial charge in [0.25, 0.3) is 0 Å². The van der Waals surface area contributed by atoms with Crippen LogP contribution < -0.4 is 14.8 Å². The molecule has 0 saturated heterocycles. The first kappa shape index (κ1) is 14.5. The van der Waals surface area contributed by atoms with E-state index in [-0.39, 0.29) is 12.0 Å². The Morgan fingerprint density at radius 1 is 1.20 bits per heavy atom. The lowest BCUT2D eigenvalue weighted by Crippen LogP contribution is -2.05. The minimum Gasteiger partial charge on any atom is -0.464 e. The van der Waals surface area contributed by atoms with Crippen molar-refractivity contribution in [1.29, 1.82) is 0 Å². The summed E-state index contributed by atoms with van der Waals surface area (Å²) in [5, 5.41) is 2.85. The third-order valence-electron chi connectivity index (χ3n) is 2.43. The smallest absolute Gasteiger partial charge is 0.330 e. The molecule has 0 aliphatic rings. The fourth-order valence-electron chi connectivity index (χ4n) is 1.51. The highest BCUT2D eigenvalue weighted by molar-refractivity contribution is 9.10. The Bertz CT molecular complexity index is 607. The summed E-state index contributed by atoms with van der Waals surface area (Å²) in [5.41, 5.74) is 0.976. The molecular weight excluding hydrogens is 324 g/mol. The van der Waals surface area contributed by atoms with Crippen LogP contribution in [0.3, 0.4) is 0 Å². The molecule has 106 valence electrons. The van der Waals surface area contributed by atoms with Crippen molar-refractivity contribution in [2.75, 3.05) is 19.0 Å². The van der Waals surface area contributed by atoms with Crippen molar-refractivity contribution in [1.82, 2.24) is 15.0 Å². The predicted molar refractivity (Wildman–Crippen MR) is 79.5 cm³/mol. The van der Waals surface area contributed by atoms with Gasteiger partial charge in [-0.2, -0.15) is 9.97 Å². The van der Waals surface area contributed by atoms with Gasteiger partial charge in [0.1, 0.15) is 5.75 Å². The molecule has 0 fully saturated rings. The summed E-state index contributed by atoms with van der Waals surface area (Å²) in [6, 6.07) is 6.13. The first-order chi connectivity index (χ1) is 9.62. The van der Waals surface area contributed by atoms with Crippen LogP contribution in [0.25, 0.3) is 0 Å². The molecule has 0 unspecified atom stereocenters. The van der Waals surface area contributed by atoms with Crippen LogP contribution in [0.5, 0.6) is 17.8 Å². The normalized spacial score (nSPS) is 10.2. The first-order valence-corrected chi connectivity index (χ1v) is 6.92. The molecule has 1 heterocycles. The average Bonchev–Trinajstić information content (AvgIpc) is 2.42. The van der Waals surface area contributed by atoms with Gasteiger partial charge in [0.15, 0.2) is 0 Å². The van der Waals surface area contributed by atoms with Crippen LogP contribution in [0.4, 0.5) is 5.95 Å². The molecule has 0 aliphatic carbocycles. The van der Waals surface area contributed by atoms with E-state index >= 15 is 0 Å². The molecule has 0 bridgehead atoms. The maximum absolute atomic E-state index is 5.69. The van der Waals surface area contributed by atoms with Crippen LogP contribution in [-0.2, 0) is 0 Å². The maximum atomic E-state index is 5.69. The fraction of sp³-hybridized carbons (Fsp3) is 0.308. The highest BCUT2D eigenvalue weighted by Crippen LogP contribution is 2.26. The lowest BCUT2D eigenvalue weighted by molar-refractivity contribution is 0.303. The van der Waals surface area contributed by atoms with Crippen LogP contribution in [0.2, 0.25) is 0 Å².